The summed E-state index contributed by atoms with van der Waals surface area (Å²) in [5, 5.41) is 12.1. The predicted molar refractivity (Wildman–Crippen MR) is 60.2 cm³/mol. The van der Waals surface area contributed by atoms with E-state index < -0.39 is 0 Å². The highest BCUT2D eigenvalue weighted by Crippen LogP contribution is 2.33. The Kier molecular flexibility index (Phi) is 3.08. The fourth-order valence-corrected chi connectivity index (χ4v) is 1.77. The number of nitrogens with zero attached hydrogens (tertiary/aromatic N) is 1. The summed E-state index contributed by atoms with van der Waals surface area (Å²) in [5.41, 5.74) is 0.405. The van der Waals surface area contributed by atoms with Crippen molar-refractivity contribution in [3.05, 3.63) is 24.0 Å². The normalized spacial score (nSPS) is 16.8. The van der Waals surface area contributed by atoms with Crippen molar-refractivity contribution in [1.29, 1.82) is 0 Å². The number of nitrogens with one attached hydrogen (secondary N) is 1. The van der Waals surface area contributed by atoms with Crippen molar-refractivity contribution in [2.24, 2.45) is 5.92 Å². The Morgan fingerprint density at radius 2 is 2.38 bits per heavy atom. The molecule has 4 heteroatoms. The van der Waals surface area contributed by atoms with Crippen LogP contribution in [0.3, 0.4) is 0 Å². The number of hydrogen-bond donors (Lipinski definition) is 2. The Balaban J connectivity index is 1.91. The van der Waals surface area contributed by atoms with Gasteiger partial charge in [-0.25, -0.2) is 0 Å². The molecule has 1 aromatic rings. The monoisotopic (exact) mass is 220 g/mol. The zero-order chi connectivity index (χ0) is 11.5. The minimum absolute atomic E-state index is 0.0162. The number of carbonyl (C=O) groups excluding carboxylic acids is 1. The second kappa shape index (κ2) is 4.51. The topological polar surface area (TPSA) is 62.2 Å². The van der Waals surface area contributed by atoms with Crippen LogP contribution in [-0.2, 0) is 0 Å². The first kappa shape index (κ1) is 10.9. The van der Waals surface area contributed by atoms with Gasteiger partial charge in [0.25, 0.3) is 5.91 Å². The van der Waals surface area contributed by atoms with Crippen LogP contribution >= 0.6 is 0 Å². The summed E-state index contributed by atoms with van der Waals surface area (Å²) in [6.07, 6.45) is 6.38. The summed E-state index contributed by atoms with van der Waals surface area (Å²) in [6.45, 7) is 2.01. The van der Waals surface area contributed by atoms with E-state index >= 15 is 0 Å². The van der Waals surface area contributed by atoms with Gasteiger partial charge in [-0.2, -0.15) is 0 Å². The standard InChI is InChI=1S/C12H16N2O2/c1-8(4-9-2-3-9)14-12(16)10-5-11(15)7-13-6-10/h5-9,15H,2-4H2,1H3,(H,14,16). The SMILES string of the molecule is CC(CC1CC1)NC(=O)c1cncc(O)c1. The van der Waals surface area contributed by atoms with Crippen LogP contribution in [-0.4, -0.2) is 22.0 Å². The van der Waals surface area contributed by atoms with Crippen LogP contribution in [0.15, 0.2) is 18.5 Å². The van der Waals surface area contributed by atoms with Crippen LogP contribution in [0.5, 0.6) is 5.75 Å². The van der Waals surface area contributed by atoms with Crippen LogP contribution in [0, 0.1) is 5.92 Å². The van der Waals surface area contributed by atoms with Gasteiger partial charge >= 0.3 is 0 Å². The molecule has 1 saturated carbocycles. The third-order valence-electron chi connectivity index (χ3n) is 2.75. The molecule has 86 valence electrons. The smallest absolute Gasteiger partial charge is 0.253 e. The van der Waals surface area contributed by atoms with Crippen molar-refractivity contribution in [3.63, 3.8) is 0 Å². The molecule has 1 unspecified atom stereocenters. The van der Waals surface area contributed by atoms with Gasteiger partial charge in [-0.1, -0.05) is 12.8 Å². The molecule has 16 heavy (non-hydrogen) atoms. The minimum Gasteiger partial charge on any atom is -0.506 e. The first-order chi connectivity index (χ1) is 7.65. The van der Waals surface area contributed by atoms with Crippen molar-refractivity contribution in [2.75, 3.05) is 0 Å². The van der Waals surface area contributed by atoms with E-state index in [4.69, 9.17) is 0 Å². The van der Waals surface area contributed by atoms with E-state index in [-0.39, 0.29) is 17.7 Å². The number of hydrogen-bond acceptors (Lipinski definition) is 3. The molecule has 0 aliphatic heterocycles. The number of aromatic nitrogens is 1. The summed E-state index contributed by atoms with van der Waals surface area (Å²) in [6, 6.07) is 1.61. The Morgan fingerprint density at radius 1 is 1.62 bits per heavy atom. The Hall–Kier alpha value is -1.58. The molecule has 2 rings (SSSR count). The number of pyridine rings is 1. The fraction of sp³-hybridized carbons (Fsp3) is 0.500. The third kappa shape index (κ3) is 2.95. The van der Waals surface area contributed by atoms with E-state index in [1.807, 2.05) is 6.92 Å². The van der Waals surface area contributed by atoms with Crippen LogP contribution in [0.1, 0.15) is 36.5 Å². The molecule has 0 aromatic carbocycles. The number of aromatic hydroxyl groups is 1. The molecule has 0 bridgehead atoms. The number of carbonyl (C=O) groups is 1. The summed E-state index contributed by atoms with van der Waals surface area (Å²) in [4.78, 5) is 15.5. The average Bonchev–Trinajstić information content (AvgIpc) is 3.01. The maximum Gasteiger partial charge on any atom is 0.253 e. The lowest BCUT2D eigenvalue weighted by molar-refractivity contribution is 0.0936. The first-order valence-electron chi connectivity index (χ1n) is 5.60. The van der Waals surface area contributed by atoms with Gasteiger partial charge in [0.05, 0.1) is 11.8 Å². The van der Waals surface area contributed by atoms with Gasteiger partial charge in [0.2, 0.25) is 0 Å². The molecule has 0 spiro atoms. The number of amides is 1. The molecule has 0 radical (unpaired) electrons. The molecule has 2 N–H and O–H groups in total. The summed E-state index contributed by atoms with van der Waals surface area (Å²) < 4.78 is 0. The van der Waals surface area contributed by atoms with E-state index in [9.17, 15) is 9.90 Å². The second-order valence-electron chi connectivity index (χ2n) is 4.49. The lowest BCUT2D eigenvalue weighted by atomic mass is 10.1. The molecule has 4 nitrogen and oxygen atoms in total. The van der Waals surface area contributed by atoms with E-state index in [0.29, 0.717) is 5.56 Å². The summed E-state index contributed by atoms with van der Waals surface area (Å²) in [5.74, 6) is 0.636. The van der Waals surface area contributed by atoms with Gasteiger partial charge in [0, 0.05) is 12.2 Å². The van der Waals surface area contributed by atoms with Crippen LogP contribution in [0.4, 0.5) is 0 Å². The lowest BCUT2D eigenvalue weighted by Crippen LogP contribution is -2.32. The van der Waals surface area contributed by atoms with Crippen molar-refractivity contribution >= 4 is 5.91 Å². The molecule has 1 amide bonds. The largest absolute Gasteiger partial charge is 0.506 e. The van der Waals surface area contributed by atoms with Crippen molar-refractivity contribution in [2.45, 2.75) is 32.2 Å². The van der Waals surface area contributed by atoms with Gasteiger partial charge in [-0.05, 0) is 25.3 Å². The Labute approximate surface area is 94.7 Å². The first-order valence-corrected chi connectivity index (χ1v) is 5.60. The van der Waals surface area contributed by atoms with Gasteiger partial charge in [-0.3, -0.25) is 9.78 Å². The van der Waals surface area contributed by atoms with E-state index in [1.165, 1.54) is 31.3 Å². The molecular formula is C12H16N2O2. The van der Waals surface area contributed by atoms with Crippen molar-refractivity contribution < 1.29 is 9.90 Å². The Bertz CT molecular complexity index is 388. The number of rotatable bonds is 4. The molecular weight excluding hydrogens is 204 g/mol. The van der Waals surface area contributed by atoms with Gasteiger partial charge < -0.3 is 10.4 Å². The highest BCUT2D eigenvalue weighted by molar-refractivity contribution is 5.94. The maximum absolute atomic E-state index is 11.7. The second-order valence-corrected chi connectivity index (χ2v) is 4.49. The van der Waals surface area contributed by atoms with E-state index in [0.717, 1.165) is 12.3 Å². The van der Waals surface area contributed by atoms with Crippen LogP contribution < -0.4 is 5.32 Å². The summed E-state index contributed by atoms with van der Waals surface area (Å²) >= 11 is 0. The third-order valence-corrected chi connectivity index (χ3v) is 2.75. The Morgan fingerprint density at radius 3 is 3.00 bits per heavy atom. The van der Waals surface area contributed by atoms with Gasteiger partial charge in [-0.15, -0.1) is 0 Å². The zero-order valence-electron chi connectivity index (χ0n) is 9.31. The van der Waals surface area contributed by atoms with Crippen molar-refractivity contribution in [1.82, 2.24) is 10.3 Å². The fourth-order valence-electron chi connectivity index (χ4n) is 1.77. The molecule has 1 atom stereocenters. The van der Waals surface area contributed by atoms with Gasteiger partial charge in [0.1, 0.15) is 5.75 Å². The molecule has 1 fully saturated rings. The van der Waals surface area contributed by atoms with Crippen molar-refractivity contribution in [3.8, 4) is 5.75 Å². The minimum atomic E-state index is -0.170. The molecule has 1 aromatic heterocycles. The lowest BCUT2D eigenvalue weighted by Gasteiger charge is -2.13. The van der Waals surface area contributed by atoms with Crippen LogP contribution in [0.25, 0.3) is 0 Å². The summed E-state index contributed by atoms with van der Waals surface area (Å²) in [7, 11) is 0. The molecule has 0 saturated heterocycles. The quantitative estimate of drug-likeness (QED) is 0.812. The van der Waals surface area contributed by atoms with E-state index in [1.54, 1.807) is 0 Å². The average molecular weight is 220 g/mol. The predicted octanol–water partition coefficient (Wildman–Crippen LogP) is 1.71. The molecule has 1 aliphatic rings. The maximum atomic E-state index is 11.7. The zero-order valence-corrected chi connectivity index (χ0v) is 9.31. The molecule has 1 heterocycles. The van der Waals surface area contributed by atoms with Gasteiger partial charge in [0.15, 0.2) is 0 Å². The molecule has 1 aliphatic carbocycles. The highest BCUT2D eigenvalue weighted by Gasteiger charge is 2.24. The highest BCUT2D eigenvalue weighted by atomic mass is 16.3. The van der Waals surface area contributed by atoms with Crippen LogP contribution in [0.2, 0.25) is 0 Å². The van der Waals surface area contributed by atoms with E-state index in [2.05, 4.69) is 10.3 Å².